The Bertz CT molecular complexity index is 2850. The van der Waals surface area contributed by atoms with Crippen molar-refractivity contribution in [3.05, 3.63) is 131 Å². The molecule has 392 valence electrons. The lowest BCUT2D eigenvalue weighted by atomic mass is 9.81. The molecule has 6 aliphatic heterocycles. The Balaban J connectivity index is 0.000000184. The average molecular weight is 998 g/mol. The standard InChI is InChI=1S/C23H29N3O2.C20H23N3O2.C15H21N3O2.3H2/c1-15(2)16-6-8-17(9-7-16)24-22(27)28-18-10-11-20-19(14-18)23(3)12-13-25(4)21(23)26(20)5;1-20-11-12-22(2)18(20)23(3)17-10-9-15(13-16(17)20)25-19(24)21-14-7-5-4-6-8-14;1-4-16-15(19)20-10-5-6-13-12(9-10)11-7-8-17(2)14(11)18(13)3;;;/h6-11,14-15,21H,12-13H2,1-5H3,(H,24,27);4-10,13,18H,11-12H2,1-3H3,(H,21,24);5-6,9,11,14H,4,7-8H2,1-3H3,(H,16,19);3*1H. The third-order valence-electron chi connectivity index (χ3n) is 16.2. The molecule has 6 aliphatic rings. The number of ether oxygens (including phenoxy) is 3. The molecule has 6 heterocycles. The van der Waals surface area contributed by atoms with Crippen LogP contribution >= 0.6 is 0 Å². The van der Waals surface area contributed by atoms with Crippen LogP contribution in [0.25, 0.3) is 0 Å². The number of nitrogens with zero attached hydrogens (tertiary/aromatic N) is 6. The number of likely N-dealkylation sites (tertiary alicyclic amines) is 3. The summed E-state index contributed by atoms with van der Waals surface area (Å²) in [6.45, 7) is 14.6. The fourth-order valence-electron chi connectivity index (χ4n) is 12.7. The summed E-state index contributed by atoms with van der Waals surface area (Å²) in [5.74, 6) is 2.76. The highest BCUT2D eigenvalue weighted by Gasteiger charge is 2.53. The maximum Gasteiger partial charge on any atom is 0.417 e. The van der Waals surface area contributed by atoms with Crippen LogP contribution in [0.4, 0.5) is 42.8 Å². The minimum absolute atomic E-state index is 0. The van der Waals surface area contributed by atoms with Gasteiger partial charge in [-0.05, 0) is 154 Å². The van der Waals surface area contributed by atoms with Gasteiger partial charge in [-0.15, -0.1) is 0 Å². The number of nitrogens with one attached hydrogen (secondary N) is 3. The van der Waals surface area contributed by atoms with E-state index in [0.29, 0.717) is 54.1 Å². The zero-order valence-electron chi connectivity index (χ0n) is 44.4. The number of para-hydroxylation sites is 1. The van der Waals surface area contributed by atoms with E-state index in [1.54, 1.807) is 0 Å². The maximum atomic E-state index is 12.4. The summed E-state index contributed by atoms with van der Waals surface area (Å²) in [6.07, 6.45) is 3.18. The van der Waals surface area contributed by atoms with Gasteiger partial charge in [0.25, 0.3) is 0 Å². The number of carbonyl (C=O) groups excluding carboxylic acids is 3. The molecule has 3 saturated heterocycles. The van der Waals surface area contributed by atoms with Crippen LogP contribution < -0.4 is 44.9 Å². The maximum absolute atomic E-state index is 12.4. The molecule has 5 aromatic rings. The topological polar surface area (TPSA) is 134 Å². The summed E-state index contributed by atoms with van der Waals surface area (Å²) in [4.78, 5) is 50.2. The van der Waals surface area contributed by atoms with Crippen LogP contribution in [0.1, 0.15) is 92.3 Å². The molecule has 0 aliphatic carbocycles. The fourth-order valence-corrected chi connectivity index (χ4v) is 12.7. The normalized spacial score (nSPS) is 24.2. The summed E-state index contributed by atoms with van der Waals surface area (Å²) in [5.41, 5.74) is 10.3. The summed E-state index contributed by atoms with van der Waals surface area (Å²) in [5, 5.41) is 8.21. The number of rotatable bonds is 7. The van der Waals surface area contributed by atoms with Crippen molar-refractivity contribution in [1.82, 2.24) is 20.0 Å². The first kappa shape index (κ1) is 51.1. The molecule has 11 rings (SSSR count). The molecule has 0 saturated carbocycles. The predicted octanol–water partition coefficient (Wildman–Crippen LogP) is 11.2. The molecule has 0 radical (unpaired) electrons. The lowest BCUT2D eigenvalue weighted by Gasteiger charge is -2.32. The monoisotopic (exact) mass is 998 g/mol. The van der Waals surface area contributed by atoms with Crippen LogP contribution in [0.5, 0.6) is 17.2 Å². The molecule has 0 spiro atoms. The van der Waals surface area contributed by atoms with Gasteiger partial charge >= 0.3 is 18.3 Å². The molecule has 15 nitrogen and oxygen atoms in total. The highest BCUT2D eigenvalue weighted by molar-refractivity contribution is 5.87. The number of hydrogen-bond acceptors (Lipinski definition) is 12. The third kappa shape index (κ3) is 9.90. The smallest absolute Gasteiger partial charge is 0.410 e. The van der Waals surface area contributed by atoms with E-state index in [1.807, 2.05) is 97.9 Å². The molecule has 73 heavy (non-hydrogen) atoms. The molecular weight excluding hydrogens is 919 g/mol. The molecule has 6 unspecified atom stereocenters. The van der Waals surface area contributed by atoms with E-state index in [9.17, 15) is 14.4 Å². The number of benzene rings is 5. The van der Waals surface area contributed by atoms with E-state index in [0.717, 1.165) is 50.3 Å². The highest BCUT2D eigenvalue weighted by Crippen LogP contribution is 2.53. The van der Waals surface area contributed by atoms with Crippen LogP contribution in [0.15, 0.2) is 109 Å². The van der Waals surface area contributed by atoms with E-state index in [2.05, 4.69) is 134 Å². The summed E-state index contributed by atoms with van der Waals surface area (Å²) >= 11 is 0. The average Bonchev–Trinajstić information content (AvgIpc) is 4.16. The number of hydrogen-bond donors (Lipinski definition) is 3. The van der Waals surface area contributed by atoms with Gasteiger partial charge in [-0.1, -0.05) is 58.0 Å². The number of anilines is 5. The molecular formula is C58H79N9O6. The van der Waals surface area contributed by atoms with Crippen molar-refractivity contribution in [3.63, 3.8) is 0 Å². The van der Waals surface area contributed by atoms with Crippen molar-refractivity contribution in [3.8, 4) is 17.2 Å². The van der Waals surface area contributed by atoms with Gasteiger partial charge in [0.1, 0.15) is 17.2 Å². The first-order valence-electron chi connectivity index (χ1n) is 25.7. The van der Waals surface area contributed by atoms with Crippen molar-refractivity contribution < 1.29 is 32.9 Å². The van der Waals surface area contributed by atoms with E-state index < -0.39 is 12.2 Å². The third-order valence-corrected chi connectivity index (χ3v) is 16.2. The zero-order chi connectivity index (χ0) is 51.9. The lowest BCUT2D eigenvalue weighted by molar-refractivity contribution is 0.201. The fraction of sp³-hybridized carbons (Fsp3) is 0.431. The highest BCUT2D eigenvalue weighted by atomic mass is 16.6. The van der Waals surface area contributed by atoms with Crippen LogP contribution in [0, 0.1) is 0 Å². The second-order valence-corrected chi connectivity index (χ2v) is 21.3. The van der Waals surface area contributed by atoms with E-state index in [-0.39, 0.29) is 21.2 Å². The van der Waals surface area contributed by atoms with E-state index >= 15 is 0 Å². The van der Waals surface area contributed by atoms with Gasteiger partial charge in [-0.3, -0.25) is 25.3 Å². The van der Waals surface area contributed by atoms with Crippen LogP contribution in [0.3, 0.4) is 0 Å². The van der Waals surface area contributed by atoms with E-state index in [4.69, 9.17) is 14.2 Å². The number of fused-ring (bicyclic) bond motifs is 9. The first-order valence-corrected chi connectivity index (χ1v) is 25.7. The summed E-state index contributed by atoms with van der Waals surface area (Å²) in [7, 11) is 12.9. The Morgan fingerprint density at radius 1 is 0.589 bits per heavy atom. The number of carbonyl (C=O) groups is 3. The SMILES string of the molecule is CC(C)c1ccc(NC(=O)Oc2ccc3c(c2)C2(C)CCN(C)C2N3C)cc1.CCNC(=O)Oc1ccc2c(c1)C1CCN(C)C1N2C.CN1CCC2(C)c3cc(OC(=O)Nc4ccccc4)ccc3N(C)C12.[HH].[HH].[HH]. The van der Waals surface area contributed by atoms with Crippen molar-refractivity contribution in [2.75, 3.05) is 93.8 Å². The summed E-state index contributed by atoms with van der Waals surface area (Å²) in [6, 6.07) is 35.1. The largest absolute Gasteiger partial charge is 0.417 e. The molecule has 6 atom stereocenters. The molecule has 3 amide bonds. The van der Waals surface area contributed by atoms with Crippen LogP contribution in [0.2, 0.25) is 0 Å². The molecule has 3 fully saturated rings. The van der Waals surface area contributed by atoms with Gasteiger partial charge in [0.15, 0.2) is 0 Å². The van der Waals surface area contributed by atoms with Gasteiger partial charge in [0, 0.05) is 96.8 Å². The Labute approximate surface area is 435 Å². The number of amides is 3. The molecule has 5 aromatic carbocycles. The van der Waals surface area contributed by atoms with Crippen LogP contribution in [-0.2, 0) is 10.8 Å². The molecule has 0 aromatic heterocycles. The quantitative estimate of drug-likeness (QED) is 0.143. The van der Waals surface area contributed by atoms with Gasteiger partial charge < -0.3 is 34.2 Å². The van der Waals surface area contributed by atoms with Crippen molar-refractivity contribution in [1.29, 1.82) is 0 Å². The second kappa shape index (κ2) is 20.6. The summed E-state index contributed by atoms with van der Waals surface area (Å²) < 4.78 is 16.4. The predicted molar refractivity (Wildman–Crippen MR) is 297 cm³/mol. The molecule has 3 N–H and O–H groups in total. The van der Waals surface area contributed by atoms with Crippen molar-refractivity contribution in [2.45, 2.75) is 95.0 Å². The number of likely N-dealkylation sites (N-methyl/N-ethyl adjacent to an activating group) is 6. The Morgan fingerprint density at radius 3 is 1.58 bits per heavy atom. The van der Waals surface area contributed by atoms with Gasteiger partial charge in [0.05, 0.1) is 18.5 Å². The first-order chi connectivity index (χ1) is 34.9. The second-order valence-electron chi connectivity index (χ2n) is 21.3. The Kier molecular flexibility index (Phi) is 14.4. The minimum Gasteiger partial charge on any atom is -0.410 e. The van der Waals surface area contributed by atoms with Gasteiger partial charge in [-0.2, -0.15) is 0 Å². The molecule has 15 heteroatoms. The minimum atomic E-state index is -0.470. The van der Waals surface area contributed by atoms with Crippen molar-refractivity contribution in [2.24, 2.45) is 0 Å². The van der Waals surface area contributed by atoms with E-state index in [1.165, 1.54) is 39.3 Å². The Morgan fingerprint density at radius 2 is 1.07 bits per heavy atom. The molecule has 0 bridgehead atoms. The van der Waals surface area contributed by atoms with Crippen LogP contribution in [-0.4, -0.2) is 120 Å². The van der Waals surface area contributed by atoms with Gasteiger partial charge in [0.2, 0.25) is 0 Å². The Hall–Kier alpha value is -6.81. The van der Waals surface area contributed by atoms with Gasteiger partial charge in [-0.25, -0.2) is 14.4 Å². The zero-order valence-corrected chi connectivity index (χ0v) is 44.4. The lowest BCUT2D eigenvalue weighted by Crippen LogP contribution is -2.45. The van der Waals surface area contributed by atoms with Crippen molar-refractivity contribution >= 4 is 46.7 Å².